The molecule has 0 aromatic carbocycles. The van der Waals surface area contributed by atoms with Crippen molar-refractivity contribution in [1.29, 1.82) is 0 Å². The number of carbonyl (C=O) groups is 2. The maximum absolute atomic E-state index is 12.9. The van der Waals surface area contributed by atoms with Gasteiger partial charge in [0, 0.05) is 12.8 Å². The second kappa shape index (κ2) is 78.1. The summed E-state index contributed by atoms with van der Waals surface area (Å²) in [5.74, 6) is -0.781. The van der Waals surface area contributed by atoms with Crippen LogP contribution in [0.3, 0.4) is 0 Å². The summed E-state index contributed by atoms with van der Waals surface area (Å²) in [6.45, 7) is 4.38. The number of quaternary nitrogens is 1. The quantitative estimate of drug-likeness (QED) is 0.0211. The summed E-state index contributed by atoms with van der Waals surface area (Å²) in [6, 6.07) is 0. The summed E-state index contributed by atoms with van der Waals surface area (Å²) in [5, 5.41) is 0. The molecule has 98 heavy (non-hydrogen) atoms. The first-order valence-corrected chi connectivity index (χ1v) is 43.5. The number of hydrogen-bond acceptors (Lipinski definition) is 7. The van der Waals surface area contributed by atoms with Crippen molar-refractivity contribution in [3.63, 3.8) is 0 Å². The fraction of sp³-hybridized carbons (Fsp3) is 0.795. The first-order valence-electron chi connectivity index (χ1n) is 42.0. The Hall–Kier alpha value is -3.07. The Morgan fingerprint density at radius 3 is 0.878 bits per heavy atom. The van der Waals surface area contributed by atoms with E-state index in [1.165, 1.54) is 283 Å². The molecule has 0 bridgehead atoms. The SMILES string of the molecule is CC/C=C\C/C=C\C/C=C\C/C=C\C/C=C\C/C=C\C/C=C\CCCCCCCCCCCCCCCCCC(=O)OC(COC(=O)CCCCCCCCCCCCCCCCCCCCCCCCCCC/C=C\CCCCCCCCCC)COP(=O)(O)OCC[N+](C)(C)C. The van der Waals surface area contributed by atoms with Crippen molar-refractivity contribution in [3.8, 4) is 0 Å². The summed E-state index contributed by atoms with van der Waals surface area (Å²) in [4.78, 5) is 36.0. The third kappa shape index (κ3) is 81.9. The molecule has 0 heterocycles. The van der Waals surface area contributed by atoms with E-state index in [2.05, 4.69) is 111 Å². The van der Waals surface area contributed by atoms with Crippen LogP contribution in [0.1, 0.15) is 399 Å². The van der Waals surface area contributed by atoms with Gasteiger partial charge in [0.25, 0.3) is 0 Å². The minimum Gasteiger partial charge on any atom is -0.462 e. The van der Waals surface area contributed by atoms with Gasteiger partial charge in [0.05, 0.1) is 27.7 Å². The van der Waals surface area contributed by atoms with Gasteiger partial charge in [-0.3, -0.25) is 18.6 Å². The highest BCUT2D eigenvalue weighted by atomic mass is 31.2. The van der Waals surface area contributed by atoms with Gasteiger partial charge in [0.15, 0.2) is 6.10 Å². The monoisotopic (exact) mass is 1390 g/mol. The van der Waals surface area contributed by atoms with Gasteiger partial charge in [0.1, 0.15) is 19.8 Å². The van der Waals surface area contributed by atoms with E-state index in [-0.39, 0.29) is 25.6 Å². The summed E-state index contributed by atoms with van der Waals surface area (Å²) in [7, 11) is 1.49. The van der Waals surface area contributed by atoms with Crippen LogP contribution in [0.2, 0.25) is 0 Å². The second-order valence-corrected chi connectivity index (χ2v) is 30.9. The van der Waals surface area contributed by atoms with E-state index in [1.54, 1.807) is 0 Å². The predicted molar refractivity (Wildman–Crippen MR) is 427 cm³/mol. The van der Waals surface area contributed by atoms with Crippen LogP contribution in [0.5, 0.6) is 0 Å². The van der Waals surface area contributed by atoms with Crippen LogP contribution in [-0.4, -0.2) is 74.9 Å². The van der Waals surface area contributed by atoms with Crippen LogP contribution in [-0.2, 0) is 32.7 Å². The maximum Gasteiger partial charge on any atom is 0.472 e. The largest absolute Gasteiger partial charge is 0.472 e. The number of ether oxygens (including phenoxy) is 2. The molecule has 9 nitrogen and oxygen atoms in total. The summed E-state index contributed by atoms with van der Waals surface area (Å²) >= 11 is 0. The Kier molecular flexibility index (Phi) is 75.6. The molecule has 0 aromatic heterocycles. The Morgan fingerprint density at radius 1 is 0.327 bits per heavy atom. The molecule has 0 spiro atoms. The lowest BCUT2D eigenvalue weighted by Gasteiger charge is -2.24. The number of phosphoric acid groups is 1. The second-order valence-electron chi connectivity index (χ2n) is 29.5. The first-order chi connectivity index (χ1) is 48.0. The van der Waals surface area contributed by atoms with Gasteiger partial charge in [-0.25, -0.2) is 4.57 Å². The van der Waals surface area contributed by atoms with Gasteiger partial charge in [0.2, 0.25) is 0 Å². The van der Waals surface area contributed by atoms with Crippen molar-refractivity contribution < 1.29 is 42.1 Å². The Bertz CT molecular complexity index is 1980. The third-order valence-corrected chi connectivity index (χ3v) is 19.6. The average molecular weight is 1390 g/mol. The summed E-state index contributed by atoms with van der Waals surface area (Å²) in [5.41, 5.74) is 0. The third-order valence-electron chi connectivity index (χ3n) is 18.6. The normalized spacial score (nSPS) is 13.5. The molecule has 0 rings (SSSR count). The van der Waals surface area contributed by atoms with Gasteiger partial charge >= 0.3 is 19.8 Å². The zero-order valence-corrected chi connectivity index (χ0v) is 66.2. The predicted octanol–water partition coefficient (Wildman–Crippen LogP) is 28.2. The number of carbonyl (C=O) groups excluding carboxylic acids is 2. The number of rotatable bonds is 78. The summed E-state index contributed by atoms with van der Waals surface area (Å²) < 4.78 is 34.9. The van der Waals surface area contributed by atoms with Crippen LogP contribution in [0.4, 0.5) is 0 Å². The number of esters is 2. The topological polar surface area (TPSA) is 108 Å². The molecule has 0 saturated carbocycles. The zero-order valence-electron chi connectivity index (χ0n) is 65.3. The van der Waals surface area contributed by atoms with Crippen LogP contribution in [0, 0.1) is 0 Å². The highest BCUT2D eigenvalue weighted by molar-refractivity contribution is 7.47. The van der Waals surface area contributed by atoms with Crippen molar-refractivity contribution in [2.45, 2.75) is 405 Å². The molecule has 0 aliphatic heterocycles. The smallest absolute Gasteiger partial charge is 0.462 e. The number of likely N-dealkylation sites (N-methyl/N-ethyl adjacent to an activating group) is 1. The van der Waals surface area contributed by atoms with Crippen LogP contribution >= 0.6 is 7.82 Å². The van der Waals surface area contributed by atoms with Crippen LogP contribution < -0.4 is 0 Å². The van der Waals surface area contributed by atoms with Gasteiger partial charge in [-0.2, -0.15) is 0 Å². The Balaban J connectivity index is 3.93. The molecule has 2 unspecified atom stereocenters. The first kappa shape index (κ1) is 94.9. The molecule has 0 aliphatic rings. The average Bonchev–Trinajstić information content (AvgIpc) is 1.08. The molecule has 1 N–H and O–H groups in total. The maximum atomic E-state index is 12.9. The van der Waals surface area contributed by atoms with E-state index in [4.69, 9.17) is 18.5 Å². The number of hydrogen-bond donors (Lipinski definition) is 1. The minimum absolute atomic E-state index is 0.0312. The Morgan fingerprint density at radius 2 is 0.582 bits per heavy atom. The standard InChI is InChI=1S/C88H160NO8P/c1-6-8-10-12-14-16-18-20-22-24-26-28-30-32-34-36-38-40-42-44-46-48-50-52-54-56-58-60-62-64-66-68-70-72-74-76-78-80-87(90)94-84-86(85-96-98(92,93)95-83-82-89(3,4)5)97-88(91)81-79-77-75-73-71-69-67-65-63-61-59-57-55-53-51-49-47-45-43-41-39-37-35-33-31-29-27-25-23-21-19-17-15-13-11-9-7-2/h9,11,15,17,21,23-24,26-27,29,33,35,39,41,45,47,86H,6-8,10,12-14,16,18-20,22,25,28,30-32,34,36-38,40,42-44,46,48-85H2,1-5H3/p+1/b11-9-,17-15-,23-21-,26-24-,29-27-,35-33-,41-39-,47-45-. The van der Waals surface area contributed by atoms with E-state index in [0.29, 0.717) is 23.9 Å². The minimum atomic E-state index is -4.40. The molecule has 0 aliphatic carbocycles. The van der Waals surface area contributed by atoms with E-state index >= 15 is 0 Å². The molecule has 0 saturated heterocycles. The molecular formula is C88H161NO8P+. The Labute approximate surface area is 608 Å². The van der Waals surface area contributed by atoms with E-state index < -0.39 is 26.5 Å². The highest BCUT2D eigenvalue weighted by Crippen LogP contribution is 2.43. The highest BCUT2D eigenvalue weighted by Gasteiger charge is 2.27. The molecule has 0 amide bonds. The van der Waals surface area contributed by atoms with E-state index in [1.807, 2.05) is 21.1 Å². The van der Waals surface area contributed by atoms with Gasteiger partial charge in [-0.05, 0) is 96.3 Å². The van der Waals surface area contributed by atoms with Crippen LogP contribution in [0.25, 0.3) is 0 Å². The van der Waals surface area contributed by atoms with Crippen LogP contribution in [0.15, 0.2) is 97.2 Å². The number of nitrogens with zero attached hydrogens (tertiary/aromatic N) is 1. The fourth-order valence-electron chi connectivity index (χ4n) is 12.2. The summed E-state index contributed by atoms with van der Waals surface area (Å²) in [6.07, 6.45) is 110. The molecule has 0 aromatic rings. The van der Waals surface area contributed by atoms with Crippen molar-refractivity contribution >= 4 is 19.8 Å². The lowest BCUT2D eigenvalue weighted by Crippen LogP contribution is -2.37. The van der Waals surface area contributed by atoms with Crippen molar-refractivity contribution in [3.05, 3.63) is 97.2 Å². The van der Waals surface area contributed by atoms with Crippen molar-refractivity contribution in [2.24, 2.45) is 0 Å². The molecule has 570 valence electrons. The zero-order chi connectivity index (χ0) is 71.1. The van der Waals surface area contributed by atoms with Crippen molar-refractivity contribution in [1.82, 2.24) is 0 Å². The van der Waals surface area contributed by atoms with Gasteiger partial charge in [-0.15, -0.1) is 0 Å². The molecule has 0 fully saturated rings. The molecule has 2 atom stereocenters. The van der Waals surface area contributed by atoms with Gasteiger partial charge < -0.3 is 18.9 Å². The molecule has 10 heteroatoms. The van der Waals surface area contributed by atoms with E-state index in [9.17, 15) is 19.0 Å². The lowest BCUT2D eigenvalue weighted by molar-refractivity contribution is -0.870. The number of phosphoric ester groups is 1. The van der Waals surface area contributed by atoms with E-state index in [0.717, 1.165) is 83.5 Å². The van der Waals surface area contributed by atoms with Crippen molar-refractivity contribution in [2.75, 3.05) is 47.5 Å². The number of allylic oxidation sites excluding steroid dienone is 16. The molecular weight excluding hydrogens is 1230 g/mol. The lowest BCUT2D eigenvalue weighted by atomic mass is 10.0. The molecule has 0 radical (unpaired) electrons. The fourth-order valence-corrected chi connectivity index (χ4v) is 13.0. The number of unbranched alkanes of at least 4 members (excludes halogenated alkanes) is 48. The van der Waals surface area contributed by atoms with Gasteiger partial charge in [-0.1, -0.05) is 387 Å².